The van der Waals surface area contributed by atoms with E-state index in [0.717, 1.165) is 51.4 Å². The van der Waals surface area contributed by atoms with Crippen molar-refractivity contribution < 1.29 is 34.2 Å². The molecule has 0 radical (unpaired) electrons. The fourth-order valence-electron chi connectivity index (χ4n) is 4.73. The SMILES string of the molecule is N[C@H](C=O)CCCCNC(=O)CC[C@H](NC(=O)CCCCCCCCCCCCCCCCCCC(=O)O)C(=O)O. The molecule has 0 bridgehead atoms. The summed E-state index contributed by atoms with van der Waals surface area (Å²) >= 11 is 0. The average molecular weight is 584 g/mol. The van der Waals surface area contributed by atoms with Gasteiger partial charge in [0.2, 0.25) is 11.8 Å². The first-order valence-corrected chi connectivity index (χ1v) is 16.0. The van der Waals surface area contributed by atoms with Crippen LogP contribution in [0.15, 0.2) is 0 Å². The Bertz CT molecular complexity index is 718. The number of unbranched alkanes of at least 4 members (excludes halogenated alkanes) is 16. The van der Waals surface area contributed by atoms with Crippen LogP contribution in [0.5, 0.6) is 0 Å². The van der Waals surface area contributed by atoms with Crippen molar-refractivity contribution >= 4 is 30.0 Å². The molecular formula is C31H57N3O7. The molecule has 0 saturated carbocycles. The third kappa shape index (κ3) is 27.5. The van der Waals surface area contributed by atoms with E-state index >= 15 is 0 Å². The molecule has 0 aromatic heterocycles. The van der Waals surface area contributed by atoms with E-state index < -0.39 is 24.0 Å². The lowest BCUT2D eigenvalue weighted by Gasteiger charge is -2.14. The van der Waals surface area contributed by atoms with Crippen molar-refractivity contribution in [2.45, 2.75) is 160 Å². The molecule has 0 aromatic carbocycles. The Kier molecular flexibility index (Phi) is 26.0. The van der Waals surface area contributed by atoms with E-state index in [0.29, 0.717) is 38.5 Å². The Morgan fingerprint density at radius 1 is 0.585 bits per heavy atom. The first-order chi connectivity index (χ1) is 19.8. The zero-order valence-corrected chi connectivity index (χ0v) is 25.2. The zero-order valence-electron chi connectivity index (χ0n) is 25.2. The second kappa shape index (κ2) is 27.7. The van der Waals surface area contributed by atoms with Crippen LogP contribution in [-0.4, -0.2) is 58.9 Å². The Balaban J connectivity index is 3.62. The molecule has 2 amide bonds. The number of aliphatic carboxylic acids is 2. The highest BCUT2D eigenvalue weighted by Crippen LogP contribution is 2.14. The van der Waals surface area contributed by atoms with E-state index in [2.05, 4.69) is 10.6 Å². The highest BCUT2D eigenvalue weighted by Gasteiger charge is 2.20. The largest absolute Gasteiger partial charge is 0.481 e. The number of hydrogen-bond donors (Lipinski definition) is 5. The van der Waals surface area contributed by atoms with Gasteiger partial charge in [-0.2, -0.15) is 0 Å². The highest BCUT2D eigenvalue weighted by atomic mass is 16.4. The molecular weight excluding hydrogens is 526 g/mol. The molecule has 0 unspecified atom stereocenters. The lowest BCUT2D eigenvalue weighted by molar-refractivity contribution is -0.142. The summed E-state index contributed by atoms with van der Waals surface area (Å²) in [6.07, 6.45) is 21.5. The fourth-order valence-corrected chi connectivity index (χ4v) is 4.73. The number of amides is 2. The van der Waals surface area contributed by atoms with Gasteiger partial charge in [0.15, 0.2) is 0 Å². The van der Waals surface area contributed by atoms with E-state index in [1.54, 1.807) is 0 Å². The van der Waals surface area contributed by atoms with Gasteiger partial charge in [-0.15, -0.1) is 0 Å². The molecule has 10 heteroatoms. The standard InChI is InChI=1S/C31H57N3O7/c32-26(25-35)19-17-18-24-33-28(36)23-22-27(31(40)41)34-29(37)20-15-13-11-9-7-5-3-1-2-4-6-8-10-12-14-16-21-30(38)39/h25-27H,1-24,32H2,(H,33,36)(H,34,37)(H,38,39)(H,40,41)/t26-,27-/m0/s1. The van der Waals surface area contributed by atoms with Crippen LogP contribution in [0.25, 0.3) is 0 Å². The number of hydrogen-bond acceptors (Lipinski definition) is 6. The summed E-state index contributed by atoms with van der Waals surface area (Å²) in [6.45, 7) is 0.440. The molecule has 0 fully saturated rings. The molecule has 41 heavy (non-hydrogen) atoms. The topological polar surface area (TPSA) is 176 Å². The number of carbonyl (C=O) groups excluding carboxylic acids is 3. The van der Waals surface area contributed by atoms with Gasteiger partial charge in [-0.05, 0) is 38.5 Å². The summed E-state index contributed by atoms with van der Waals surface area (Å²) in [5.74, 6) is -2.39. The number of aldehydes is 1. The van der Waals surface area contributed by atoms with Crippen molar-refractivity contribution in [1.82, 2.24) is 10.6 Å². The summed E-state index contributed by atoms with van der Waals surface area (Å²) in [5.41, 5.74) is 5.51. The van der Waals surface area contributed by atoms with Gasteiger partial charge >= 0.3 is 11.9 Å². The van der Waals surface area contributed by atoms with E-state index in [1.807, 2.05) is 0 Å². The molecule has 10 nitrogen and oxygen atoms in total. The number of nitrogens with two attached hydrogens (primary N) is 1. The zero-order chi connectivity index (χ0) is 30.6. The number of rotatable bonds is 30. The fraction of sp³-hybridized carbons (Fsp3) is 0.839. The van der Waals surface area contributed by atoms with Crippen molar-refractivity contribution in [3.05, 3.63) is 0 Å². The Labute approximate surface area is 247 Å². The minimum absolute atomic E-state index is 0.0165. The third-order valence-electron chi connectivity index (χ3n) is 7.30. The maximum absolute atomic E-state index is 12.2. The van der Waals surface area contributed by atoms with Gasteiger partial charge in [-0.3, -0.25) is 14.4 Å². The Hall–Kier alpha value is -2.49. The molecule has 238 valence electrons. The van der Waals surface area contributed by atoms with E-state index in [1.165, 1.54) is 57.8 Å². The first-order valence-electron chi connectivity index (χ1n) is 16.0. The van der Waals surface area contributed by atoms with Gasteiger partial charge in [0.1, 0.15) is 12.3 Å². The van der Waals surface area contributed by atoms with E-state index in [9.17, 15) is 29.1 Å². The minimum Gasteiger partial charge on any atom is -0.481 e. The van der Waals surface area contributed by atoms with Crippen LogP contribution in [0.2, 0.25) is 0 Å². The Morgan fingerprint density at radius 3 is 1.49 bits per heavy atom. The van der Waals surface area contributed by atoms with Crippen LogP contribution in [0, 0.1) is 0 Å². The summed E-state index contributed by atoms with van der Waals surface area (Å²) in [4.78, 5) is 56.6. The van der Waals surface area contributed by atoms with Crippen LogP contribution >= 0.6 is 0 Å². The lowest BCUT2D eigenvalue weighted by Crippen LogP contribution is -2.41. The minimum atomic E-state index is -1.14. The van der Waals surface area contributed by atoms with Crippen molar-refractivity contribution in [2.75, 3.05) is 6.54 Å². The van der Waals surface area contributed by atoms with Gasteiger partial charge in [0.25, 0.3) is 0 Å². The van der Waals surface area contributed by atoms with Crippen molar-refractivity contribution in [3.8, 4) is 0 Å². The Morgan fingerprint density at radius 2 is 1.05 bits per heavy atom. The molecule has 6 N–H and O–H groups in total. The molecule has 0 aliphatic rings. The quantitative estimate of drug-likeness (QED) is 0.0562. The van der Waals surface area contributed by atoms with Crippen molar-refractivity contribution in [1.29, 1.82) is 0 Å². The molecule has 0 aromatic rings. The van der Waals surface area contributed by atoms with Gasteiger partial charge in [-0.1, -0.05) is 89.9 Å². The summed E-state index contributed by atoms with van der Waals surface area (Å²) in [5, 5.41) is 23.3. The van der Waals surface area contributed by atoms with Crippen LogP contribution in [-0.2, 0) is 24.0 Å². The first kappa shape index (κ1) is 38.5. The molecule has 0 saturated heterocycles. The molecule has 0 aliphatic heterocycles. The second-order valence-electron chi connectivity index (χ2n) is 11.2. The lowest BCUT2D eigenvalue weighted by atomic mass is 10.0. The van der Waals surface area contributed by atoms with Crippen molar-refractivity contribution in [2.24, 2.45) is 5.73 Å². The van der Waals surface area contributed by atoms with Crippen LogP contribution in [0.4, 0.5) is 0 Å². The summed E-state index contributed by atoms with van der Waals surface area (Å²) in [7, 11) is 0. The highest BCUT2D eigenvalue weighted by molar-refractivity contribution is 5.84. The molecule has 2 atom stereocenters. The van der Waals surface area contributed by atoms with Crippen LogP contribution in [0.1, 0.15) is 148 Å². The molecule has 0 aliphatic carbocycles. The van der Waals surface area contributed by atoms with Gasteiger partial charge < -0.3 is 31.4 Å². The van der Waals surface area contributed by atoms with Crippen LogP contribution in [0.3, 0.4) is 0 Å². The molecule has 0 heterocycles. The van der Waals surface area contributed by atoms with Gasteiger partial charge in [0.05, 0.1) is 6.04 Å². The predicted octanol–water partition coefficient (Wildman–Crippen LogP) is 5.26. The number of carboxylic acids is 2. The smallest absolute Gasteiger partial charge is 0.326 e. The average Bonchev–Trinajstić information content (AvgIpc) is 2.93. The second-order valence-corrected chi connectivity index (χ2v) is 11.2. The van der Waals surface area contributed by atoms with E-state index in [-0.39, 0.29) is 24.7 Å². The molecule has 0 spiro atoms. The number of carbonyl (C=O) groups is 5. The molecule has 0 rings (SSSR count). The third-order valence-corrected chi connectivity index (χ3v) is 7.30. The van der Waals surface area contributed by atoms with Gasteiger partial charge in [0, 0.05) is 25.8 Å². The summed E-state index contributed by atoms with van der Waals surface area (Å²) in [6, 6.07) is -1.55. The van der Waals surface area contributed by atoms with E-state index in [4.69, 9.17) is 10.8 Å². The maximum atomic E-state index is 12.2. The maximum Gasteiger partial charge on any atom is 0.326 e. The normalized spacial score (nSPS) is 12.4. The van der Waals surface area contributed by atoms with Crippen LogP contribution < -0.4 is 16.4 Å². The summed E-state index contributed by atoms with van der Waals surface area (Å²) < 4.78 is 0. The number of nitrogens with one attached hydrogen (secondary N) is 2. The predicted molar refractivity (Wildman–Crippen MR) is 160 cm³/mol. The monoisotopic (exact) mass is 583 g/mol. The van der Waals surface area contributed by atoms with Gasteiger partial charge in [-0.25, -0.2) is 4.79 Å². The van der Waals surface area contributed by atoms with Crippen molar-refractivity contribution in [3.63, 3.8) is 0 Å². The number of carboxylic acid groups (broad SMARTS) is 2.